The first kappa shape index (κ1) is 18.5. The fourth-order valence-electron chi connectivity index (χ4n) is 2.25. The van der Waals surface area contributed by atoms with E-state index in [4.69, 9.17) is 27.9 Å². The van der Waals surface area contributed by atoms with Gasteiger partial charge in [0.15, 0.2) is 5.78 Å². The van der Waals surface area contributed by atoms with Gasteiger partial charge in [0.25, 0.3) is 0 Å². The Morgan fingerprint density at radius 3 is 2.08 bits per heavy atom. The second-order valence-corrected chi connectivity index (χ2v) is 6.64. The molecule has 1 unspecified atom stereocenters. The molecule has 2 rings (SSSR count). The molecule has 0 aliphatic heterocycles. The summed E-state index contributed by atoms with van der Waals surface area (Å²) in [6.07, 6.45) is 0. The molecule has 0 amide bonds. The van der Waals surface area contributed by atoms with Crippen molar-refractivity contribution in [2.75, 3.05) is 6.61 Å². The molecule has 0 heterocycles. The van der Waals surface area contributed by atoms with Gasteiger partial charge in [-0.05, 0) is 23.6 Å². The maximum atomic E-state index is 13.0. The molecule has 2 aromatic carbocycles. The molecule has 2 aromatic rings. The molecule has 24 heavy (non-hydrogen) atoms. The van der Waals surface area contributed by atoms with Crippen LogP contribution < -0.4 is 0 Å². The number of rotatable bonds is 6. The van der Waals surface area contributed by atoms with Gasteiger partial charge in [-0.15, -0.1) is 0 Å². The van der Waals surface area contributed by atoms with Crippen LogP contribution in [0, 0.1) is 5.92 Å². The van der Waals surface area contributed by atoms with Crippen LogP contribution in [0.4, 0.5) is 0 Å². The highest BCUT2D eigenvalue weighted by Gasteiger charge is 2.33. The second kappa shape index (κ2) is 8.32. The molecule has 0 radical (unpaired) electrons. The third-order valence-electron chi connectivity index (χ3n) is 3.40. The number of hydrogen-bond donors (Lipinski definition) is 0. The number of ketones is 1. The summed E-state index contributed by atoms with van der Waals surface area (Å²) >= 11 is 12.3. The molecule has 3 nitrogen and oxygen atoms in total. The molecule has 0 aliphatic rings. The summed E-state index contributed by atoms with van der Waals surface area (Å²) in [6, 6.07) is 13.6. The number of hydrogen-bond acceptors (Lipinski definition) is 3. The Bertz CT molecular complexity index is 706. The highest BCUT2D eigenvalue weighted by Crippen LogP contribution is 2.31. The number of halogens is 2. The number of Topliss-reactive ketones (excluding diaryl/α,β-unsaturated/α-hetero) is 1. The van der Waals surface area contributed by atoms with Crippen LogP contribution in [0.15, 0.2) is 48.5 Å². The number of benzene rings is 2. The van der Waals surface area contributed by atoms with E-state index in [1.165, 1.54) is 0 Å². The fourth-order valence-corrected chi connectivity index (χ4v) is 2.83. The van der Waals surface area contributed by atoms with Gasteiger partial charge in [-0.2, -0.15) is 0 Å². The van der Waals surface area contributed by atoms with Gasteiger partial charge in [0, 0.05) is 0 Å². The monoisotopic (exact) mass is 364 g/mol. The topological polar surface area (TPSA) is 43.4 Å². The average molecular weight is 365 g/mol. The van der Waals surface area contributed by atoms with Crippen molar-refractivity contribution >= 4 is 35.0 Å². The summed E-state index contributed by atoms with van der Waals surface area (Å²) in [4.78, 5) is 25.6. The predicted octanol–water partition coefficient (Wildman–Crippen LogP) is 5.16. The lowest BCUT2D eigenvalue weighted by Gasteiger charge is -2.17. The van der Waals surface area contributed by atoms with E-state index in [1.54, 1.807) is 42.5 Å². The van der Waals surface area contributed by atoms with E-state index in [1.807, 2.05) is 19.9 Å². The van der Waals surface area contributed by atoms with Gasteiger partial charge in [-0.3, -0.25) is 9.59 Å². The van der Waals surface area contributed by atoms with Crippen LogP contribution in [0.1, 0.15) is 35.7 Å². The summed E-state index contributed by atoms with van der Waals surface area (Å²) in [7, 11) is 0. The Morgan fingerprint density at radius 1 is 0.958 bits per heavy atom. The van der Waals surface area contributed by atoms with E-state index in [2.05, 4.69) is 0 Å². The summed E-state index contributed by atoms with van der Waals surface area (Å²) in [5.41, 5.74) is 0.684. The molecule has 0 saturated heterocycles. The van der Waals surface area contributed by atoms with Gasteiger partial charge in [-0.1, -0.05) is 73.4 Å². The van der Waals surface area contributed by atoms with Crippen molar-refractivity contribution in [2.24, 2.45) is 5.92 Å². The zero-order chi connectivity index (χ0) is 17.7. The Morgan fingerprint density at radius 2 is 1.54 bits per heavy atom. The third-order valence-corrected chi connectivity index (χ3v) is 4.03. The molecule has 0 bridgehead atoms. The number of carbonyl (C=O) groups excluding carboxylic acids is 2. The van der Waals surface area contributed by atoms with Gasteiger partial charge in [-0.25, -0.2) is 0 Å². The number of carbonyl (C=O) groups is 2. The van der Waals surface area contributed by atoms with Gasteiger partial charge >= 0.3 is 5.97 Å². The molecule has 126 valence electrons. The molecule has 0 spiro atoms. The van der Waals surface area contributed by atoms with Gasteiger partial charge < -0.3 is 4.74 Å². The highest BCUT2D eigenvalue weighted by molar-refractivity contribution is 6.40. The van der Waals surface area contributed by atoms with E-state index in [0.29, 0.717) is 5.56 Å². The Hall–Kier alpha value is -1.84. The van der Waals surface area contributed by atoms with E-state index in [9.17, 15) is 9.59 Å². The van der Waals surface area contributed by atoms with E-state index < -0.39 is 17.7 Å². The standard InChI is InChI=1S/C19H18Cl2O3/c1-12(2)11-24-19(23)16(13-7-4-3-5-8-13)18(22)17-14(20)9-6-10-15(17)21/h3-10,12,16H,11H2,1-2H3. The van der Waals surface area contributed by atoms with Gasteiger partial charge in [0.2, 0.25) is 0 Å². The average Bonchev–Trinajstić information content (AvgIpc) is 2.54. The van der Waals surface area contributed by atoms with Crippen LogP contribution in [0.5, 0.6) is 0 Å². The van der Waals surface area contributed by atoms with E-state index in [0.717, 1.165) is 0 Å². The smallest absolute Gasteiger partial charge is 0.321 e. The molecule has 0 fully saturated rings. The number of esters is 1. The molecule has 0 aromatic heterocycles. The summed E-state index contributed by atoms with van der Waals surface area (Å²) < 4.78 is 5.30. The minimum Gasteiger partial charge on any atom is -0.465 e. The van der Waals surface area contributed by atoms with Crippen molar-refractivity contribution in [2.45, 2.75) is 19.8 Å². The number of ether oxygens (including phenoxy) is 1. The molecule has 0 N–H and O–H groups in total. The second-order valence-electron chi connectivity index (χ2n) is 5.83. The zero-order valence-electron chi connectivity index (χ0n) is 13.5. The lowest BCUT2D eigenvalue weighted by molar-refractivity contribution is -0.145. The Kier molecular flexibility index (Phi) is 6.41. The molecule has 1 atom stereocenters. The zero-order valence-corrected chi connectivity index (χ0v) is 15.0. The quantitative estimate of drug-likeness (QED) is 0.404. The fraction of sp³-hybridized carbons (Fsp3) is 0.263. The van der Waals surface area contributed by atoms with Crippen LogP contribution >= 0.6 is 23.2 Å². The maximum absolute atomic E-state index is 13.0. The first-order valence-electron chi connectivity index (χ1n) is 7.61. The Labute approximate surface area is 151 Å². The SMILES string of the molecule is CC(C)COC(=O)C(C(=O)c1c(Cl)cccc1Cl)c1ccccc1. The van der Waals surface area contributed by atoms with Crippen LogP contribution in [0.25, 0.3) is 0 Å². The summed E-state index contributed by atoms with van der Waals surface area (Å²) in [6.45, 7) is 4.10. The van der Waals surface area contributed by atoms with Crippen molar-refractivity contribution in [1.29, 1.82) is 0 Å². The van der Waals surface area contributed by atoms with Crippen LogP contribution in [0.3, 0.4) is 0 Å². The van der Waals surface area contributed by atoms with Gasteiger partial charge in [0.05, 0.1) is 22.2 Å². The van der Waals surface area contributed by atoms with Crippen molar-refractivity contribution in [3.05, 3.63) is 69.7 Å². The normalized spacial score (nSPS) is 12.0. The van der Waals surface area contributed by atoms with Crippen molar-refractivity contribution < 1.29 is 14.3 Å². The molecule has 0 saturated carbocycles. The van der Waals surface area contributed by atoms with Crippen LogP contribution in [-0.2, 0) is 9.53 Å². The van der Waals surface area contributed by atoms with Gasteiger partial charge in [0.1, 0.15) is 5.92 Å². The first-order valence-corrected chi connectivity index (χ1v) is 8.37. The third kappa shape index (κ3) is 4.37. The van der Waals surface area contributed by atoms with Crippen molar-refractivity contribution in [3.63, 3.8) is 0 Å². The predicted molar refractivity (Wildman–Crippen MR) is 95.8 cm³/mol. The molecular weight excluding hydrogens is 347 g/mol. The first-order chi connectivity index (χ1) is 11.4. The minimum absolute atomic E-state index is 0.135. The highest BCUT2D eigenvalue weighted by atomic mass is 35.5. The van der Waals surface area contributed by atoms with Crippen LogP contribution in [0.2, 0.25) is 10.0 Å². The van der Waals surface area contributed by atoms with E-state index >= 15 is 0 Å². The lowest BCUT2D eigenvalue weighted by Crippen LogP contribution is -2.26. The summed E-state index contributed by atoms with van der Waals surface area (Å²) in [5.74, 6) is -1.99. The largest absolute Gasteiger partial charge is 0.465 e. The molecule has 5 heteroatoms. The summed E-state index contributed by atoms with van der Waals surface area (Å²) in [5, 5.41) is 0.426. The molecular formula is C19H18Cl2O3. The van der Waals surface area contributed by atoms with Crippen molar-refractivity contribution in [1.82, 2.24) is 0 Å². The Balaban J connectivity index is 2.42. The van der Waals surface area contributed by atoms with Crippen molar-refractivity contribution in [3.8, 4) is 0 Å². The lowest BCUT2D eigenvalue weighted by atomic mass is 9.90. The minimum atomic E-state index is -1.10. The van der Waals surface area contributed by atoms with E-state index in [-0.39, 0.29) is 28.1 Å². The maximum Gasteiger partial charge on any atom is 0.321 e. The van der Waals surface area contributed by atoms with Crippen LogP contribution in [-0.4, -0.2) is 18.4 Å². The molecule has 0 aliphatic carbocycles.